The number of anilines is 1. The number of nitrogens with one attached hydrogen (secondary N) is 1. The molecule has 1 unspecified atom stereocenters. The number of aryl methyl sites for hydroxylation is 2. The van der Waals surface area contributed by atoms with E-state index in [0.717, 1.165) is 37.1 Å². The molecule has 1 aliphatic rings. The molecule has 0 aliphatic carbocycles. The number of likely N-dealkylation sites (tertiary alicyclic amines) is 1. The monoisotopic (exact) mass is 380 g/mol. The number of carbonyl (C=O) groups is 2. The average Bonchev–Trinajstić information content (AvgIpc) is 2.71. The van der Waals surface area contributed by atoms with E-state index in [0.29, 0.717) is 17.0 Å². The zero-order valence-corrected chi connectivity index (χ0v) is 16.8. The number of hydrogen-bond acceptors (Lipinski definition) is 3. The first-order valence-corrected chi connectivity index (χ1v) is 9.88. The maximum Gasteiger partial charge on any atom is 0.265 e. The van der Waals surface area contributed by atoms with Crippen LogP contribution >= 0.6 is 0 Å². The Bertz CT molecular complexity index is 857. The largest absolute Gasteiger partial charge is 0.481 e. The predicted octanol–water partition coefficient (Wildman–Crippen LogP) is 4.34. The van der Waals surface area contributed by atoms with Crippen LogP contribution in [0.4, 0.5) is 5.69 Å². The van der Waals surface area contributed by atoms with Crippen LogP contribution in [-0.4, -0.2) is 35.9 Å². The summed E-state index contributed by atoms with van der Waals surface area (Å²) < 4.78 is 5.85. The lowest BCUT2D eigenvalue weighted by atomic mass is 10.1. The van der Waals surface area contributed by atoms with Gasteiger partial charge in [0, 0.05) is 24.3 Å². The van der Waals surface area contributed by atoms with Crippen molar-refractivity contribution in [1.82, 2.24) is 4.90 Å². The molecular weight excluding hydrogens is 352 g/mol. The minimum absolute atomic E-state index is 0.0236. The molecule has 1 fully saturated rings. The van der Waals surface area contributed by atoms with Crippen LogP contribution in [-0.2, 0) is 4.79 Å². The number of hydrogen-bond donors (Lipinski definition) is 1. The lowest BCUT2D eigenvalue weighted by molar-refractivity contribution is -0.122. The van der Waals surface area contributed by atoms with Gasteiger partial charge in [0.2, 0.25) is 0 Å². The van der Waals surface area contributed by atoms with Crippen LogP contribution in [0.3, 0.4) is 0 Å². The lowest BCUT2D eigenvalue weighted by Crippen LogP contribution is -2.35. The van der Waals surface area contributed by atoms with Crippen LogP contribution in [0.2, 0.25) is 0 Å². The Morgan fingerprint density at radius 3 is 2.54 bits per heavy atom. The van der Waals surface area contributed by atoms with Crippen molar-refractivity contribution in [3.05, 3.63) is 59.2 Å². The molecule has 2 aromatic carbocycles. The van der Waals surface area contributed by atoms with E-state index in [-0.39, 0.29) is 11.8 Å². The van der Waals surface area contributed by atoms with Crippen molar-refractivity contribution in [2.75, 3.05) is 18.4 Å². The molecule has 0 spiro atoms. The first-order chi connectivity index (χ1) is 13.4. The zero-order chi connectivity index (χ0) is 20.1. The van der Waals surface area contributed by atoms with E-state index < -0.39 is 6.10 Å². The summed E-state index contributed by atoms with van der Waals surface area (Å²) in [7, 11) is 0. The van der Waals surface area contributed by atoms with Crippen molar-refractivity contribution in [3.63, 3.8) is 0 Å². The van der Waals surface area contributed by atoms with Gasteiger partial charge in [0.25, 0.3) is 11.8 Å². The van der Waals surface area contributed by atoms with Crippen LogP contribution in [0.25, 0.3) is 0 Å². The third kappa shape index (κ3) is 4.91. The number of carbonyl (C=O) groups excluding carboxylic acids is 2. The quantitative estimate of drug-likeness (QED) is 0.840. The molecule has 1 atom stereocenters. The molecule has 2 aromatic rings. The third-order valence-corrected chi connectivity index (χ3v) is 5.04. The standard InChI is InChI=1S/C23H28N2O3/c1-16-10-11-17(2)21(14-16)28-18(3)22(26)24-20-9-7-8-19(15-20)23(27)25-12-5-4-6-13-25/h7-11,14-15,18H,4-6,12-13H2,1-3H3,(H,24,26). The van der Waals surface area contributed by atoms with E-state index in [9.17, 15) is 9.59 Å². The normalized spacial score (nSPS) is 15.0. The highest BCUT2D eigenvalue weighted by Crippen LogP contribution is 2.21. The minimum Gasteiger partial charge on any atom is -0.481 e. The maximum absolute atomic E-state index is 12.7. The molecule has 1 saturated heterocycles. The lowest BCUT2D eigenvalue weighted by Gasteiger charge is -2.26. The molecular formula is C23H28N2O3. The SMILES string of the molecule is Cc1ccc(C)c(OC(C)C(=O)Nc2cccc(C(=O)N3CCCCC3)c2)c1. The topological polar surface area (TPSA) is 58.6 Å². The fourth-order valence-corrected chi connectivity index (χ4v) is 3.33. The Morgan fingerprint density at radius 2 is 1.79 bits per heavy atom. The van der Waals surface area contributed by atoms with Gasteiger partial charge in [-0.05, 0) is 75.4 Å². The van der Waals surface area contributed by atoms with Crippen molar-refractivity contribution in [3.8, 4) is 5.75 Å². The molecule has 5 heteroatoms. The number of benzene rings is 2. The average molecular weight is 380 g/mol. The molecule has 0 bridgehead atoms. The molecule has 3 rings (SSSR count). The van der Waals surface area contributed by atoms with E-state index in [1.807, 2.05) is 36.9 Å². The molecule has 1 aliphatic heterocycles. The second-order valence-electron chi connectivity index (χ2n) is 7.45. The van der Waals surface area contributed by atoms with Crippen LogP contribution in [0.1, 0.15) is 47.7 Å². The van der Waals surface area contributed by atoms with E-state index in [4.69, 9.17) is 4.74 Å². The minimum atomic E-state index is -0.651. The number of nitrogens with zero attached hydrogens (tertiary/aromatic N) is 1. The van der Waals surface area contributed by atoms with Crippen molar-refractivity contribution in [1.29, 1.82) is 0 Å². The van der Waals surface area contributed by atoms with Gasteiger partial charge in [0.05, 0.1) is 0 Å². The number of rotatable bonds is 5. The second kappa shape index (κ2) is 8.91. The van der Waals surface area contributed by atoms with Crippen LogP contribution in [0.15, 0.2) is 42.5 Å². The second-order valence-corrected chi connectivity index (χ2v) is 7.45. The smallest absolute Gasteiger partial charge is 0.265 e. The van der Waals surface area contributed by atoms with E-state index in [1.165, 1.54) is 6.42 Å². The van der Waals surface area contributed by atoms with Gasteiger partial charge < -0.3 is 15.0 Å². The molecule has 148 valence electrons. The Labute approximate surface area is 166 Å². The summed E-state index contributed by atoms with van der Waals surface area (Å²) in [6, 6.07) is 13.0. The Morgan fingerprint density at radius 1 is 1.04 bits per heavy atom. The molecule has 0 radical (unpaired) electrons. The van der Waals surface area contributed by atoms with Crippen molar-refractivity contribution >= 4 is 17.5 Å². The predicted molar refractivity (Wildman–Crippen MR) is 111 cm³/mol. The van der Waals surface area contributed by atoms with Gasteiger partial charge >= 0.3 is 0 Å². The highest BCUT2D eigenvalue weighted by atomic mass is 16.5. The van der Waals surface area contributed by atoms with Gasteiger partial charge in [-0.3, -0.25) is 9.59 Å². The van der Waals surface area contributed by atoms with Crippen molar-refractivity contribution in [2.24, 2.45) is 0 Å². The van der Waals surface area contributed by atoms with E-state index in [2.05, 4.69) is 5.32 Å². The number of amides is 2. The highest BCUT2D eigenvalue weighted by molar-refractivity contribution is 5.98. The van der Waals surface area contributed by atoms with Crippen LogP contribution in [0.5, 0.6) is 5.75 Å². The molecule has 2 amide bonds. The number of piperidine rings is 1. The van der Waals surface area contributed by atoms with Gasteiger partial charge in [-0.1, -0.05) is 18.2 Å². The molecule has 0 saturated carbocycles. The summed E-state index contributed by atoms with van der Waals surface area (Å²) in [4.78, 5) is 27.1. The Balaban J connectivity index is 1.65. The Kier molecular flexibility index (Phi) is 6.34. The molecule has 1 heterocycles. The summed E-state index contributed by atoms with van der Waals surface area (Å²) in [5.41, 5.74) is 3.27. The summed E-state index contributed by atoms with van der Waals surface area (Å²) in [6.45, 7) is 7.27. The highest BCUT2D eigenvalue weighted by Gasteiger charge is 2.20. The zero-order valence-electron chi connectivity index (χ0n) is 16.8. The van der Waals surface area contributed by atoms with Gasteiger partial charge in [0.15, 0.2) is 6.10 Å². The summed E-state index contributed by atoms with van der Waals surface area (Å²) in [6.07, 6.45) is 2.63. The number of ether oxygens (including phenoxy) is 1. The summed E-state index contributed by atoms with van der Waals surface area (Å²) >= 11 is 0. The van der Waals surface area contributed by atoms with Gasteiger partial charge in [-0.2, -0.15) is 0 Å². The van der Waals surface area contributed by atoms with Crippen LogP contribution < -0.4 is 10.1 Å². The van der Waals surface area contributed by atoms with E-state index >= 15 is 0 Å². The molecule has 0 aromatic heterocycles. The van der Waals surface area contributed by atoms with E-state index in [1.54, 1.807) is 31.2 Å². The molecule has 1 N–H and O–H groups in total. The van der Waals surface area contributed by atoms with Crippen molar-refractivity contribution in [2.45, 2.75) is 46.1 Å². The van der Waals surface area contributed by atoms with Crippen LogP contribution in [0, 0.1) is 13.8 Å². The summed E-state index contributed by atoms with van der Waals surface area (Å²) in [5, 5.41) is 2.86. The third-order valence-electron chi connectivity index (χ3n) is 5.04. The first kappa shape index (κ1) is 19.9. The fraction of sp³-hybridized carbons (Fsp3) is 0.391. The molecule has 5 nitrogen and oxygen atoms in total. The van der Waals surface area contributed by atoms with Crippen molar-refractivity contribution < 1.29 is 14.3 Å². The maximum atomic E-state index is 12.7. The van der Waals surface area contributed by atoms with Gasteiger partial charge in [0.1, 0.15) is 5.75 Å². The first-order valence-electron chi connectivity index (χ1n) is 9.88. The van der Waals surface area contributed by atoms with Gasteiger partial charge in [-0.25, -0.2) is 0 Å². The molecule has 28 heavy (non-hydrogen) atoms. The fourth-order valence-electron chi connectivity index (χ4n) is 3.33. The summed E-state index contributed by atoms with van der Waals surface area (Å²) in [5.74, 6) is 0.482. The Hall–Kier alpha value is -2.82. The van der Waals surface area contributed by atoms with Gasteiger partial charge in [-0.15, -0.1) is 0 Å².